The van der Waals surface area contributed by atoms with E-state index in [4.69, 9.17) is 0 Å². The van der Waals surface area contributed by atoms with Crippen LogP contribution in [0.1, 0.15) is 5.56 Å². The predicted molar refractivity (Wildman–Crippen MR) is 118 cm³/mol. The fourth-order valence-electron chi connectivity index (χ4n) is 3.05. The van der Waals surface area contributed by atoms with E-state index < -0.39 is 0 Å². The van der Waals surface area contributed by atoms with Crippen LogP contribution >= 0.6 is 11.8 Å². The molecule has 0 aliphatic rings. The Labute approximate surface area is 183 Å². The minimum absolute atomic E-state index is 0.0533. The highest BCUT2D eigenvalue weighted by Gasteiger charge is 2.18. The summed E-state index contributed by atoms with van der Waals surface area (Å²) in [4.78, 5) is 18.4. The molecule has 0 spiro atoms. The Bertz CT molecular complexity index is 1150. The second-order valence-electron chi connectivity index (χ2n) is 6.88. The van der Waals surface area contributed by atoms with Gasteiger partial charge in [-0.2, -0.15) is 0 Å². The van der Waals surface area contributed by atoms with Crippen LogP contribution in [0.25, 0.3) is 17.1 Å². The molecule has 2 aromatic carbocycles. The lowest BCUT2D eigenvalue weighted by Crippen LogP contribution is -2.27. The molecule has 0 radical (unpaired) electrons. The summed E-state index contributed by atoms with van der Waals surface area (Å²) in [5.74, 6) is 0.545. The van der Waals surface area contributed by atoms with Crippen molar-refractivity contribution in [3.05, 3.63) is 90.5 Å². The fourth-order valence-corrected chi connectivity index (χ4v) is 3.94. The maximum absolute atomic E-state index is 13.1. The molecule has 1 amide bonds. The quantitative estimate of drug-likeness (QED) is 0.409. The first kappa shape index (κ1) is 20.7. The van der Waals surface area contributed by atoms with E-state index >= 15 is 0 Å². The van der Waals surface area contributed by atoms with Crippen molar-refractivity contribution >= 4 is 17.7 Å². The summed E-state index contributed by atoms with van der Waals surface area (Å²) in [5, 5.41) is 9.33. The largest absolute Gasteiger partial charge is 0.341 e. The highest BCUT2D eigenvalue weighted by atomic mass is 32.2. The summed E-state index contributed by atoms with van der Waals surface area (Å²) in [6.45, 7) is 0.410. The zero-order valence-corrected chi connectivity index (χ0v) is 17.7. The van der Waals surface area contributed by atoms with Crippen molar-refractivity contribution < 1.29 is 9.18 Å². The second kappa shape index (κ2) is 9.53. The van der Waals surface area contributed by atoms with Crippen molar-refractivity contribution in [1.82, 2.24) is 24.6 Å². The molecule has 0 N–H and O–H groups in total. The number of hydrogen-bond acceptors (Lipinski definition) is 5. The van der Waals surface area contributed by atoms with Gasteiger partial charge in [-0.05, 0) is 42.0 Å². The number of carbonyl (C=O) groups is 1. The average molecular weight is 434 g/mol. The third-order valence-corrected chi connectivity index (χ3v) is 5.58. The summed E-state index contributed by atoms with van der Waals surface area (Å²) < 4.78 is 15.0. The lowest BCUT2D eigenvalue weighted by molar-refractivity contribution is -0.127. The second-order valence-corrected chi connectivity index (χ2v) is 7.82. The van der Waals surface area contributed by atoms with Crippen LogP contribution in [0.15, 0.2) is 84.3 Å². The molecule has 0 aliphatic heterocycles. The van der Waals surface area contributed by atoms with E-state index in [1.807, 2.05) is 47.0 Å². The van der Waals surface area contributed by atoms with E-state index in [0.717, 1.165) is 16.8 Å². The minimum atomic E-state index is -0.293. The molecule has 2 heterocycles. The van der Waals surface area contributed by atoms with Gasteiger partial charge >= 0.3 is 0 Å². The maximum atomic E-state index is 13.1. The van der Waals surface area contributed by atoms with E-state index in [1.165, 1.54) is 23.9 Å². The maximum Gasteiger partial charge on any atom is 0.233 e. The van der Waals surface area contributed by atoms with Crippen molar-refractivity contribution in [2.24, 2.45) is 0 Å². The van der Waals surface area contributed by atoms with E-state index in [2.05, 4.69) is 15.2 Å². The molecule has 0 aliphatic carbocycles. The Morgan fingerprint density at radius 2 is 1.71 bits per heavy atom. The first-order valence-electron chi connectivity index (χ1n) is 9.64. The van der Waals surface area contributed by atoms with Crippen LogP contribution in [0.4, 0.5) is 4.39 Å². The third kappa shape index (κ3) is 4.97. The first-order chi connectivity index (χ1) is 15.1. The highest BCUT2D eigenvalue weighted by molar-refractivity contribution is 7.99. The number of pyridine rings is 1. The zero-order valence-electron chi connectivity index (χ0n) is 16.9. The fraction of sp³-hybridized carbons (Fsp3) is 0.130. The number of amides is 1. The van der Waals surface area contributed by atoms with Crippen LogP contribution in [0, 0.1) is 5.82 Å². The molecule has 0 saturated heterocycles. The van der Waals surface area contributed by atoms with E-state index in [0.29, 0.717) is 17.5 Å². The first-order valence-corrected chi connectivity index (χ1v) is 10.6. The van der Waals surface area contributed by atoms with E-state index in [9.17, 15) is 9.18 Å². The van der Waals surface area contributed by atoms with Gasteiger partial charge in [0.15, 0.2) is 11.0 Å². The monoisotopic (exact) mass is 433 g/mol. The average Bonchev–Trinajstić information content (AvgIpc) is 3.24. The van der Waals surface area contributed by atoms with Gasteiger partial charge in [0.2, 0.25) is 5.91 Å². The van der Waals surface area contributed by atoms with Gasteiger partial charge in [0.25, 0.3) is 0 Å². The third-order valence-electron chi connectivity index (χ3n) is 4.67. The van der Waals surface area contributed by atoms with Crippen LogP contribution in [0.2, 0.25) is 0 Å². The van der Waals surface area contributed by atoms with Crippen LogP contribution < -0.4 is 0 Å². The van der Waals surface area contributed by atoms with Crippen molar-refractivity contribution in [2.45, 2.75) is 11.7 Å². The summed E-state index contributed by atoms with van der Waals surface area (Å²) in [7, 11) is 1.73. The number of benzene rings is 2. The topological polar surface area (TPSA) is 63.9 Å². The number of nitrogens with zero attached hydrogens (tertiary/aromatic N) is 5. The van der Waals surface area contributed by atoms with Gasteiger partial charge in [0, 0.05) is 37.2 Å². The van der Waals surface area contributed by atoms with Crippen LogP contribution in [-0.4, -0.2) is 43.4 Å². The summed E-state index contributed by atoms with van der Waals surface area (Å²) >= 11 is 1.33. The van der Waals surface area contributed by atoms with Crippen LogP contribution in [0.5, 0.6) is 0 Å². The lowest BCUT2D eigenvalue weighted by atomic mass is 10.2. The zero-order chi connectivity index (χ0) is 21.6. The Kier molecular flexibility index (Phi) is 6.37. The molecule has 156 valence electrons. The molecule has 6 nitrogen and oxygen atoms in total. The number of para-hydroxylation sites is 1. The Morgan fingerprint density at radius 3 is 2.42 bits per heavy atom. The Morgan fingerprint density at radius 1 is 1.00 bits per heavy atom. The smallest absolute Gasteiger partial charge is 0.233 e. The van der Waals surface area contributed by atoms with Crippen LogP contribution in [0.3, 0.4) is 0 Å². The SMILES string of the molecule is CN(Cc1ccc(F)cc1)C(=O)CSc1nnc(-c2ccncc2)n1-c1ccccc1. The van der Waals surface area contributed by atoms with Crippen molar-refractivity contribution in [3.8, 4) is 17.1 Å². The number of halogens is 1. The van der Waals surface area contributed by atoms with E-state index in [1.54, 1.807) is 36.5 Å². The number of thioether (sulfide) groups is 1. The highest BCUT2D eigenvalue weighted by Crippen LogP contribution is 2.27. The van der Waals surface area contributed by atoms with Crippen LogP contribution in [-0.2, 0) is 11.3 Å². The summed E-state index contributed by atoms with van der Waals surface area (Å²) in [6, 6.07) is 19.7. The van der Waals surface area contributed by atoms with E-state index in [-0.39, 0.29) is 17.5 Å². The van der Waals surface area contributed by atoms with Gasteiger partial charge < -0.3 is 4.90 Å². The normalized spacial score (nSPS) is 10.8. The summed E-state index contributed by atoms with van der Waals surface area (Å²) in [5.41, 5.74) is 2.67. The number of carbonyl (C=O) groups excluding carboxylic acids is 1. The number of aromatic nitrogens is 4. The minimum Gasteiger partial charge on any atom is -0.341 e. The lowest BCUT2D eigenvalue weighted by Gasteiger charge is -2.17. The Balaban J connectivity index is 1.52. The molecule has 0 unspecified atom stereocenters. The summed E-state index contributed by atoms with van der Waals surface area (Å²) in [6.07, 6.45) is 3.42. The van der Waals surface area contributed by atoms with Crippen molar-refractivity contribution in [1.29, 1.82) is 0 Å². The van der Waals surface area contributed by atoms with Crippen molar-refractivity contribution in [3.63, 3.8) is 0 Å². The molecule has 0 atom stereocenters. The molecule has 2 aromatic heterocycles. The van der Waals surface area contributed by atoms with Gasteiger partial charge in [0.05, 0.1) is 5.75 Å². The molecular weight excluding hydrogens is 413 g/mol. The molecule has 0 fully saturated rings. The number of rotatable bonds is 7. The Hall–Kier alpha value is -3.52. The molecule has 0 bridgehead atoms. The molecule has 8 heteroatoms. The molecular formula is C23H20FN5OS. The van der Waals surface area contributed by atoms with Gasteiger partial charge in [-0.25, -0.2) is 4.39 Å². The number of hydrogen-bond donors (Lipinski definition) is 0. The molecule has 4 aromatic rings. The van der Waals surface area contributed by atoms with Gasteiger partial charge in [0.1, 0.15) is 5.82 Å². The van der Waals surface area contributed by atoms with Crippen molar-refractivity contribution in [2.75, 3.05) is 12.8 Å². The standard InChI is InChI=1S/C23H20FN5OS/c1-28(15-17-7-9-19(24)10-8-17)21(30)16-31-23-27-26-22(18-11-13-25-14-12-18)29(23)20-5-3-2-4-6-20/h2-14H,15-16H2,1H3. The van der Waals surface area contributed by atoms with Gasteiger partial charge in [-0.3, -0.25) is 14.3 Å². The molecule has 0 saturated carbocycles. The van der Waals surface area contributed by atoms with Gasteiger partial charge in [-0.1, -0.05) is 42.1 Å². The predicted octanol–water partition coefficient (Wildman–Crippen LogP) is 4.22. The van der Waals surface area contributed by atoms with Gasteiger partial charge in [-0.15, -0.1) is 10.2 Å². The molecule has 4 rings (SSSR count). The molecule has 31 heavy (non-hydrogen) atoms.